The summed E-state index contributed by atoms with van der Waals surface area (Å²) in [6.07, 6.45) is 0. The second-order valence-electron chi connectivity index (χ2n) is 17.5. The zero-order chi connectivity index (χ0) is 45.4. The van der Waals surface area contributed by atoms with Crippen molar-refractivity contribution in [2.24, 2.45) is 0 Å². The molecular formula is C63H39N5S. The fourth-order valence-electron chi connectivity index (χ4n) is 10.5. The lowest BCUT2D eigenvalue weighted by Crippen LogP contribution is -2.03. The highest BCUT2D eigenvalue weighted by molar-refractivity contribution is 7.27. The van der Waals surface area contributed by atoms with Crippen LogP contribution in [0.4, 0.5) is 0 Å². The average molecular weight is 898 g/mol. The number of hydrogen-bond acceptors (Lipinski definition) is 4. The van der Waals surface area contributed by atoms with Crippen LogP contribution < -0.4 is 0 Å². The van der Waals surface area contributed by atoms with E-state index in [9.17, 15) is 0 Å². The van der Waals surface area contributed by atoms with E-state index in [1.54, 1.807) is 0 Å². The fourth-order valence-corrected chi connectivity index (χ4v) is 11.8. The first-order valence-electron chi connectivity index (χ1n) is 23.3. The second-order valence-corrected chi connectivity index (χ2v) is 18.5. The molecule has 0 saturated carbocycles. The number of rotatable bonds is 7. The first-order valence-corrected chi connectivity index (χ1v) is 24.1. The number of benzene rings is 10. The standard InChI is InChI=1S/C63H39N5S/c1-4-18-40(19-5-1)41-32-34-44(35-33-41)62-64-61(43-22-8-3-9-23-43)65-63(66-62)52-27-13-17-31-56(52)68-55-30-16-12-26-47(55)49-37-39-51-50-38-36-48-46-25-11-15-29-54(46)67(57(48)59(50)69-60(51)58(49)68)53-28-14-10-24-45(53)42-20-6-2-7-21-42/h1-39H. The molecule has 0 aliphatic carbocycles. The van der Waals surface area contributed by atoms with Crippen molar-refractivity contribution in [1.82, 2.24) is 24.1 Å². The summed E-state index contributed by atoms with van der Waals surface area (Å²) < 4.78 is 7.45. The highest BCUT2D eigenvalue weighted by Gasteiger charge is 2.24. The molecule has 0 aliphatic rings. The zero-order valence-corrected chi connectivity index (χ0v) is 38.0. The molecule has 0 bridgehead atoms. The van der Waals surface area contributed by atoms with Crippen molar-refractivity contribution in [3.63, 3.8) is 0 Å². The smallest absolute Gasteiger partial charge is 0.166 e. The third-order valence-corrected chi connectivity index (χ3v) is 14.8. The molecule has 322 valence electrons. The minimum atomic E-state index is 0.611. The van der Waals surface area contributed by atoms with Crippen molar-refractivity contribution in [2.45, 2.75) is 0 Å². The van der Waals surface area contributed by atoms with Gasteiger partial charge in [0.2, 0.25) is 0 Å². The van der Waals surface area contributed by atoms with Crippen molar-refractivity contribution >= 4 is 75.1 Å². The molecule has 6 heteroatoms. The van der Waals surface area contributed by atoms with E-state index in [1.165, 1.54) is 69.4 Å². The van der Waals surface area contributed by atoms with Crippen LogP contribution in [0.15, 0.2) is 237 Å². The van der Waals surface area contributed by atoms with Crippen molar-refractivity contribution in [1.29, 1.82) is 0 Å². The first kappa shape index (κ1) is 39.2. The van der Waals surface area contributed by atoms with Gasteiger partial charge in [-0.1, -0.05) is 206 Å². The molecule has 0 saturated heterocycles. The maximum Gasteiger partial charge on any atom is 0.166 e. The number of thiophene rings is 1. The largest absolute Gasteiger partial charge is 0.307 e. The quantitative estimate of drug-likeness (QED) is 0.160. The maximum atomic E-state index is 5.32. The van der Waals surface area contributed by atoms with Gasteiger partial charge in [0.1, 0.15) is 0 Å². The van der Waals surface area contributed by atoms with E-state index in [2.05, 4.69) is 221 Å². The van der Waals surface area contributed by atoms with Crippen LogP contribution in [0, 0.1) is 0 Å². The van der Waals surface area contributed by atoms with Gasteiger partial charge in [-0.3, -0.25) is 0 Å². The summed E-state index contributed by atoms with van der Waals surface area (Å²) >= 11 is 1.89. The first-order chi connectivity index (χ1) is 34.2. The second kappa shape index (κ2) is 15.8. The Morgan fingerprint density at radius 2 is 0.638 bits per heavy atom. The SMILES string of the molecule is c1ccc(-c2ccc(-c3nc(-c4ccccc4)nc(-c4ccccc4-n4c5ccccc5c5ccc6c7ccc8c9ccccc9n(-c9ccccc9-c9ccccc9)c8c7sc6c54)n3)cc2)cc1. The molecule has 10 aromatic carbocycles. The fraction of sp³-hybridized carbons (Fsp3) is 0. The Morgan fingerprint density at radius 1 is 0.261 bits per heavy atom. The normalized spacial score (nSPS) is 11.8. The lowest BCUT2D eigenvalue weighted by atomic mass is 10.0. The van der Waals surface area contributed by atoms with Crippen LogP contribution >= 0.6 is 11.3 Å². The van der Waals surface area contributed by atoms with E-state index >= 15 is 0 Å². The third-order valence-electron chi connectivity index (χ3n) is 13.6. The van der Waals surface area contributed by atoms with Gasteiger partial charge in [-0.05, 0) is 47.0 Å². The van der Waals surface area contributed by atoms with Gasteiger partial charge in [-0.15, -0.1) is 11.3 Å². The van der Waals surface area contributed by atoms with Gasteiger partial charge < -0.3 is 9.13 Å². The van der Waals surface area contributed by atoms with Crippen LogP contribution in [0.3, 0.4) is 0 Å². The Kier molecular flexibility index (Phi) is 9.00. The molecule has 0 unspecified atom stereocenters. The van der Waals surface area contributed by atoms with E-state index in [0.29, 0.717) is 17.5 Å². The molecule has 0 amide bonds. The highest BCUT2D eigenvalue weighted by atomic mass is 32.1. The van der Waals surface area contributed by atoms with Crippen LogP contribution in [0.1, 0.15) is 0 Å². The molecule has 4 heterocycles. The lowest BCUT2D eigenvalue weighted by Gasteiger charge is -2.15. The average Bonchev–Trinajstić information content (AvgIpc) is 4.10. The lowest BCUT2D eigenvalue weighted by molar-refractivity contribution is 1.06. The minimum Gasteiger partial charge on any atom is -0.307 e. The van der Waals surface area contributed by atoms with Crippen molar-refractivity contribution in [3.8, 4) is 67.8 Å². The Balaban J connectivity index is 1.03. The summed E-state index contributed by atoms with van der Waals surface area (Å²) in [6, 6.07) is 84.3. The monoisotopic (exact) mass is 897 g/mol. The summed E-state index contributed by atoms with van der Waals surface area (Å²) in [4.78, 5) is 15.7. The third kappa shape index (κ3) is 6.27. The molecular weight excluding hydrogens is 859 g/mol. The summed E-state index contributed by atoms with van der Waals surface area (Å²) in [5.41, 5.74) is 14.3. The number of aromatic nitrogens is 5. The predicted octanol–water partition coefficient (Wildman–Crippen LogP) is 16.8. The number of nitrogens with zero attached hydrogens (tertiary/aromatic N) is 5. The van der Waals surface area contributed by atoms with Crippen molar-refractivity contribution in [3.05, 3.63) is 237 Å². The van der Waals surface area contributed by atoms with Gasteiger partial charge in [-0.25, -0.2) is 15.0 Å². The van der Waals surface area contributed by atoms with E-state index in [1.807, 2.05) is 35.6 Å². The van der Waals surface area contributed by atoms with E-state index in [0.717, 1.165) is 44.7 Å². The van der Waals surface area contributed by atoms with Gasteiger partial charge in [0.05, 0.1) is 42.8 Å². The van der Waals surface area contributed by atoms with Crippen molar-refractivity contribution < 1.29 is 0 Å². The Hall–Kier alpha value is -8.97. The Bertz CT molecular complexity index is 4280. The summed E-state index contributed by atoms with van der Waals surface area (Å²) in [5, 5.41) is 7.34. The van der Waals surface area contributed by atoms with Crippen LogP contribution in [-0.4, -0.2) is 24.1 Å². The number of para-hydroxylation sites is 4. The van der Waals surface area contributed by atoms with Crippen molar-refractivity contribution in [2.75, 3.05) is 0 Å². The highest BCUT2D eigenvalue weighted by Crippen LogP contribution is 2.48. The number of fused-ring (bicyclic) bond motifs is 11. The molecule has 4 aromatic heterocycles. The topological polar surface area (TPSA) is 48.5 Å². The van der Waals surface area contributed by atoms with Crippen LogP contribution in [0.5, 0.6) is 0 Å². The molecule has 0 aliphatic heterocycles. The summed E-state index contributed by atoms with van der Waals surface area (Å²) in [5.74, 6) is 1.86. The van der Waals surface area contributed by atoms with Gasteiger partial charge in [0, 0.05) is 54.6 Å². The van der Waals surface area contributed by atoms with E-state index in [-0.39, 0.29) is 0 Å². The Labute approximate surface area is 401 Å². The molecule has 0 radical (unpaired) electrons. The maximum absolute atomic E-state index is 5.32. The molecule has 5 nitrogen and oxygen atoms in total. The molecule has 0 atom stereocenters. The summed E-state index contributed by atoms with van der Waals surface area (Å²) in [7, 11) is 0. The number of hydrogen-bond donors (Lipinski definition) is 0. The van der Waals surface area contributed by atoms with E-state index in [4.69, 9.17) is 15.0 Å². The van der Waals surface area contributed by atoms with Gasteiger partial charge >= 0.3 is 0 Å². The molecule has 0 N–H and O–H groups in total. The molecule has 14 rings (SSSR count). The van der Waals surface area contributed by atoms with Gasteiger partial charge in [-0.2, -0.15) is 0 Å². The molecule has 69 heavy (non-hydrogen) atoms. The van der Waals surface area contributed by atoms with Crippen LogP contribution in [0.2, 0.25) is 0 Å². The minimum absolute atomic E-state index is 0.611. The Morgan fingerprint density at radius 3 is 1.20 bits per heavy atom. The van der Waals surface area contributed by atoms with E-state index < -0.39 is 0 Å². The van der Waals surface area contributed by atoms with Gasteiger partial charge in [0.25, 0.3) is 0 Å². The zero-order valence-electron chi connectivity index (χ0n) is 37.2. The van der Waals surface area contributed by atoms with Gasteiger partial charge in [0.15, 0.2) is 17.5 Å². The van der Waals surface area contributed by atoms with Crippen LogP contribution in [-0.2, 0) is 0 Å². The molecule has 14 aromatic rings. The molecule has 0 fully saturated rings. The van der Waals surface area contributed by atoms with Crippen LogP contribution in [0.25, 0.3) is 132 Å². The molecule has 0 spiro atoms. The predicted molar refractivity (Wildman–Crippen MR) is 289 cm³/mol. The summed E-state index contributed by atoms with van der Waals surface area (Å²) in [6.45, 7) is 0.